The summed E-state index contributed by atoms with van der Waals surface area (Å²) in [7, 11) is 0. The SMILES string of the molecule is CCCCOc1ccc(-c2nnc(-c3cccs3)n2-c2ccc(C)cc2)cc1. The third kappa shape index (κ3) is 3.85. The summed E-state index contributed by atoms with van der Waals surface area (Å²) >= 11 is 1.67. The van der Waals surface area contributed by atoms with E-state index in [1.807, 2.05) is 30.3 Å². The van der Waals surface area contributed by atoms with E-state index < -0.39 is 0 Å². The minimum atomic E-state index is 0.748. The number of hydrogen-bond donors (Lipinski definition) is 0. The van der Waals surface area contributed by atoms with Crippen molar-refractivity contribution in [3.8, 4) is 33.5 Å². The molecule has 5 heteroatoms. The van der Waals surface area contributed by atoms with Crippen molar-refractivity contribution in [3.63, 3.8) is 0 Å². The van der Waals surface area contributed by atoms with Gasteiger partial charge in [-0.25, -0.2) is 0 Å². The molecule has 0 bridgehead atoms. The van der Waals surface area contributed by atoms with E-state index in [-0.39, 0.29) is 0 Å². The predicted molar refractivity (Wildman–Crippen MR) is 115 cm³/mol. The number of rotatable bonds is 7. The first-order valence-electron chi connectivity index (χ1n) is 9.56. The highest BCUT2D eigenvalue weighted by Crippen LogP contribution is 2.31. The molecule has 28 heavy (non-hydrogen) atoms. The number of ether oxygens (including phenoxy) is 1. The molecule has 2 heterocycles. The average molecular weight is 390 g/mol. The van der Waals surface area contributed by atoms with Crippen LogP contribution < -0.4 is 4.74 Å². The molecule has 2 aromatic carbocycles. The number of benzene rings is 2. The van der Waals surface area contributed by atoms with Crippen LogP contribution in [0.4, 0.5) is 0 Å². The van der Waals surface area contributed by atoms with Crippen molar-refractivity contribution < 1.29 is 4.74 Å². The van der Waals surface area contributed by atoms with Gasteiger partial charge < -0.3 is 4.74 Å². The van der Waals surface area contributed by atoms with Gasteiger partial charge in [0.15, 0.2) is 11.6 Å². The zero-order valence-corrected chi connectivity index (χ0v) is 16.9. The number of aromatic nitrogens is 3. The summed E-state index contributed by atoms with van der Waals surface area (Å²) in [4.78, 5) is 1.10. The van der Waals surface area contributed by atoms with Crippen LogP contribution >= 0.6 is 11.3 Å². The van der Waals surface area contributed by atoms with Crippen molar-refractivity contribution >= 4 is 11.3 Å². The molecule has 0 radical (unpaired) electrons. The lowest BCUT2D eigenvalue weighted by Crippen LogP contribution is -2.00. The van der Waals surface area contributed by atoms with Crippen LogP contribution in [-0.4, -0.2) is 21.4 Å². The summed E-state index contributed by atoms with van der Waals surface area (Å²) < 4.78 is 7.91. The topological polar surface area (TPSA) is 39.9 Å². The molecule has 0 amide bonds. The predicted octanol–water partition coefficient (Wildman–Crippen LogP) is 6.15. The molecule has 0 spiro atoms. The Bertz CT molecular complexity index is 1020. The van der Waals surface area contributed by atoms with Gasteiger partial charge in [-0.05, 0) is 61.2 Å². The first kappa shape index (κ1) is 18.4. The van der Waals surface area contributed by atoms with Crippen LogP contribution in [-0.2, 0) is 0 Å². The number of hydrogen-bond acceptors (Lipinski definition) is 4. The average Bonchev–Trinajstić information content (AvgIpc) is 3.39. The summed E-state index contributed by atoms with van der Waals surface area (Å²) in [5.41, 5.74) is 3.29. The van der Waals surface area contributed by atoms with Crippen molar-refractivity contribution in [3.05, 3.63) is 71.6 Å². The van der Waals surface area contributed by atoms with E-state index in [1.54, 1.807) is 11.3 Å². The molecule has 0 aliphatic carbocycles. The Kier molecular flexibility index (Phi) is 5.53. The third-order valence-electron chi connectivity index (χ3n) is 4.58. The highest BCUT2D eigenvalue weighted by atomic mass is 32.1. The van der Waals surface area contributed by atoms with Crippen LogP contribution in [0.1, 0.15) is 25.3 Å². The molecule has 0 atom stereocenters. The second-order valence-corrected chi connectivity index (χ2v) is 7.67. The van der Waals surface area contributed by atoms with Crippen LogP contribution in [0.15, 0.2) is 66.0 Å². The van der Waals surface area contributed by atoms with Gasteiger partial charge in [-0.2, -0.15) is 0 Å². The van der Waals surface area contributed by atoms with Gasteiger partial charge in [-0.1, -0.05) is 37.1 Å². The first-order chi connectivity index (χ1) is 13.8. The van der Waals surface area contributed by atoms with E-state index >= 15 is 0 Å². The molecule has 142 valence electrons. The monoisotopic (exact) mass is 389 g/mol. The summed E-state index contributed by atoms with van der Waals surface area (Å²) in [5, 5.41) is 11.1. The van der Waals surface area contributed by atoms with E-state index in [1.165, 1.54) is 5.56 Å². The summed E-state index contributed by atoms with van der Waals surface area (Å²) in [6.45, 7) is 5.00. The zero-order valence-electron chi connectivity index (χ0n) is 16.1. The number of aryl methyl sites for hydroxylation is 1. The van der Waals surface area contributed by atoms with Gasteiger partial charge in [0.1, 0.15) is 5.75 Å². The van der Waals surface area contributed by atoms with Crippen molar-refractivity contribution in [1.82, 2.24) is 14.8 Å². The minimum absolute atomic E-state index is 0.748. The Morgan fingerprint density at radius 3 is 2.36 bits per heavy atom. The molecule has 0 saturated carbocycles. The van der Waals surface area contributed by atoms with Gasteiger partial charge in [-0.15, -0.1) is 21.5 Å². The number of unbranched alkanes of at least 4 members (excludes halogenated alkanes) is 1. The fourth-order valence-electron chi connectivity index (χ4n) is 3.01. The van der Waals surface area contributed by atoms with Gasteiger partial charge in [0, 0.05) is 11.3 Å². The van der Waals surface area contributed by atoms with E-state index in [9.17, 15) is 0 Å². The van der Waals surface area contributed by atoms with Gasteiger partial charge >= 0.3 is 0 Å². The Morgan fingerprint density at radius 2 is 1.68 bits per heavy atom. The maximum atomic E-state index is 5.79. The van der Waals surface area contributed by atoms with Crippen molar-refractivity contribution in [2.45, 2.75) is 26.7 Å². The number of nitrogens with zero attached hydrogens (tertiary/aromatic N) is 3. The Labute approximate surface area is 169 Å². The van der Waals surface area contributed by atoms with Crippen LogP contribution in [0, 0.1) is 6.92 Å². The molecule has 4 aromatic rings. The molecule has 0 aliphatic heterocycles. The Hall–Kier alpha value is -2.92. The molecule has 0 unspecified atom stereocenters. The molecule has 4 rings (SSSR count). The molecule has 0 N–H and O–H groups in total. The van der Waals surface area contributed by atoms with Gasteiger partial charge in [0.2, 0.25) is 0 Å². The highest BCUT2D eigenvalue weighted by molar-refractivity contribution is 7.13. The maximum absolute atomic E-state index is 5.79. The fourth-order valence-corrected chi connectivity index (χ4v) is 3.71. The zero-order chi connectivity index (χ0) is 19.3. The molecule has 4 nitrogen and oxygen atoms in total. The van der Waals surface area contributed by atoms with Crippen LogP contribution in [0.2, 0.25) is 0 Å². The lowest BCUT2D eigenvalue weighted by molar-refractivity contribution is 0.309. The molecular weight excluding hydrogens is 366 g/mol. The van der Waals surface area contributed by atoms with Gasteiger partial charge in [-0.3, -0.25) is 4.57 Å². The minimum Gasteiger partial charge on any atom is -0.494 e. The van der Waals surface area contributed by atoms with E-state index in [4.69, 9.17) is 4.74 Å². The quantitative estimate of drug-likeness (QED) is 0.356. The van der Waals surface area contributed by atoms with Crippen molar-refractivity contribution in [1.29, 1.82) is 0 Å². The fraction of sp³-hybridized carbons (Fsp3) is 0.217. The molecular formula is C23H23N3OS. The van der Waals surface area contributed by atoms with Crippen LogP contribution in [0.5, 0.6) is 5.75 Å². The molecule has 0 aliphatic rings. The lowest BCUT2D eigenvalue weighted by Gasteiger charge is -2.11. The Balaban J connectivity index is 1.74. The molecule has 0 saturated heterocycles. The second kappa shape index (κ2) is 8.40. The van der Waals surface area contributed by atoms with Gasteiger partial charge in [0.05, 0.1) is 11.5 Å². The lowest BCUT2D eigenvalue weighted by atomic mass is 10.2. The van der Waals surface area contributed by atoms with E-state index in [2.05, 4.69) is 64.3 Å². The summed E-state index contributed by atoms with van der Waals surface area (Å²) in [6.07, 6.45) is 2.19. The maximum Gasteiger partial charge on any atom is 0.178 e. The second-order valence-electron chi connectivity index (χ2n) is 6.72. The van der Waals surface area contributed by atoms with E-state index in [0.29, 0.717) is 0 Å². The van der Waals surface area contributed by atoms with Crippen LogP contribution in [0.3, 0.4) is 0 Å². The van der Waals surface area contributed by atoms with Crippen molar-refractivity contribution in [2.75, 3.05) is 6.61 Å². The van der Waals surface area contributed by atoms with E-state index in [0.717, 1.165) is 53.0 Å². The summed E-state index contributed by atoms with van der Waals surface area (Å²) in [5.74, 6) is 2.57. The number of thiophene rings is 1. The van der Waals surface area contributed by atoms with Crippen LogP contribution in [0.25, 0.3) is 27.8 Å². The third-order valence-corrected chi connectivity index (χ3v) is 5.44. The first-order valence-corrected chi connectivity index (χ1v) is 10.4. The highest BCUT2D eigenvalue weighted by Gasteiger charge is 2.17. The van der Waals surface area contributed by atoms with Gasteiger partial charge in [0.25, 0.3) is 0 Å². The normalized spacial score (nSPS) is 10.9. The largest absolute Gasteiger partial charge is 0.494 e. The molecule has 2 aromatic heterocycles. The van der Waals surface area contributed by atoms with Crippen molar-refractivity contribution in [2.24, 2.45) is 0 Å². The smallest absolute Gasteiger partial charge is 0.178 e. The Morgan fingerprint density at radius 1 is 0.929 bits per heavy atom. The summed E-state index contributed by atoms with van der Waals surface area (Å²) in [6, 6.07) is 20.7. The standard InChI is InChI=1S/C23H23N3OS/c1-3-4-15-27-20-13-9-18(10-14-20)22-24-25-23(21-6-5-16-28-21)26(22)19-11-7-17(2)8-12-19/h5-14,16H,3-4,15H2,1-2H3. The molecule has 0 fully saturated rings.